The van der Waals surface area contributed by atoms with Crippen molar-refractivity contribution < 1.29 is 13.5 Å². The normalized spacial score (nSPS) is 42.0. The molecule has 0 aromatic carbocycles. The van der Waals surface area contributed by atoms with E-state index in [0.717, 1.165) is 0 Å². The monoisotopic (exact) mass is 163 g/mol. The van der Waals surface area contributed by atoms with E-state index in [2.05, 4.69) is 5.32 Å². The van der Waals surface area contributed by atoms with Gasteiger partial charge in [0.2, 0.25) is 0 Å². The van der Waals surface area contributed by atoms with E-state index in [1.165, 1.54) is 0 Å². The number of ether oxygens (including phenoxy) is 1. The van der Waals surface area contributed by atoms with Crippen molar-refractivity contribution in [2.75, 3.05) is 26.3 Å². The third-order valence-electron chi connectivity index (χ3n) is 2.51. The Kier molecular flexibility index (Phi) is 1.61. The molecule has 0 amide bonds. The van der Waals surface area contributed by atoms with Gasteiger partial charge in [-0.15, -0.1) is 0 Å². The summed E-state index contributed by atoms with van der Waals surface area (Å²) in [5.41, 5.74) is 0. The van der Waals surface area contributed by atoms with Crippen molar-refractivity contribution in [1.29, 1.82) is 0 Å². The van der Waals surface area contributed by atoms with Gasteiger partial charge in [0.1, 0.15) is 6.61 Å². The Morgan fingerprint density at radius 3 is 2.91 bits per heavy atom. The number of rotatable bonds is 0. The van der Waals surface area contributed by atoms with Gasteiger partial charge in [0.25, 0.3) is 5.92 Å². The largest absolute Gasteiger partial charge is 0.375 e. The first-order valence-corrected chi connectivity index (χ1v) is 3.86. The second-order valence-electron chi connectivity index (χ2n) is 3.30. The van der Waals surface area contributed by atoms with Crippen LogP contribution in [0.2, 0.25) is 0 Å². The maximum absolute atomic E-state index is 13.0. The maximum atomic E-state index is 13.0. The zero-order valence-corrected chi connectivity index (χ0v) is 6.15. The molecule has 2 saturated heterocycles. The van der Waals surface area contributed by atoms with Crippen molar-refractivity contribution >= 4 is 0 Å². The van der Waals surface area contributed by atoms with E-state index in [0.29, 0.717) is 19.7 Å². The second-order valence-corrected chi connectivity index (χ2v) is 3.30. The molecule has 0 aromatic heterocycles. The van der Waals surface area contributed by atoms with Gasteiger partial charge in [0, 0.05) is 24.9 Å². The van der Waals surface area contributed by atoms with Crippen molar-refractivity contribution in [3.05, 3.63) is 0 Å². The molecular weight excluding hydrogens is 152 g/mol. The van der Waals surface area contributed by atoms with Gasteiger partial charge in [-0.1, -0.05) is 0 Å². The molecule has 0 bridgehead atoms. The lowest BCUT2D eigenvalue weighted by atomic mass is 9.89. The molecule has 0 aliphatic carbocycles. The van der Waals surface area contributed by atoms with Crippen LogP contribution in [0.15, 0.2) is 0 Å². The van der Waals surface area contributed by atoms with Crippen LogP contribution in [0.4, 0.5) is 8.78 Å². The Morgan fingerprint density at radius 1 is 1.36 bits per heavy atom. The fourth-order valence-electron chi connectivity index (χ4n) is 1.86. The molecule has 0 radical (unpaired) electrons. The van der Waals surface area contributed by atoms with Crippen LogP contribution in [0, 0.1) is 11.8 Å². The van der Waals surface area contributed by atoms with E-state index >= 15 is 0 Å². The molecule has 2 aliphatic heterocycles. The summed E-state index contributed by atoms with van der Waals surface area (Å²) >= 11 is 0. The highest BCUT2D eigenvalue weighted by molar-refractivity contribution is 4.92. The summed E-state index contributed by atoms with van der Waals surface area (Å²) in [6.45, 7) is 1.23. The molecule has 1 N–H and O–H groups in total. The van der Waals surface area contributed by atoms with Crippen LogP contribution in [0.5, 0.6) is 0 Å². The lowest BCUT2D eigenvalue weighted by molar-refractivity contribution is -0.165. The molecule has 0 saturated carbocycles. The number of fused-ring (bicyclic) bond motifs is 1. The zero-order chi connectivity index (χ0) is 7.90. The maximum Gasteiger partial charge on any atom is 0.275 e. The van der Waals surface area contributed by atoms with Gasteiger partial charge in [-0.25, -0.2) is 8.78 Å². The quantitative estimate of drug-likeness (QED) is 0.561. The number of halogens is 2. The SMILES string of the molecule is FC1(F)COCC2CNCC21. The van der Waals surface area contributed by atoms with E-state index < -0.39 is 18.4 Å². The highest BCUT2D eigenvalue weighted by atomic mass is 19.3. The molecular formula is C7H11F2NO. The molecule has 0 aromatic rings. The molecule has 2 unspecified atom stereocenters. The van der Waals surface area contributed by atoms with Gasteiger partial charge >= 0.3 is 0 Å². The lowest BCUT2D eigenvalue weighted by Crippen LogP contribution is -2.44. The molecule has 2 fully saturated rings. The molecule has 4 heteroatoms. The number of alkyl halides is 2. The van der Waals surface area contributed by atoms with E-state index in [1.807, 2.05) is 0 Å². The van der Waals surface area contributed by atoms with Crippen molar-refractivity contribution in [3.63, 3.8) is 0 Å². The zero-order valence-electron chi connectivity index (χ0n) is 6.15. The molecule has 2 atom stereocenters. The Balaban J connectivity index is 2.13. The van der Waals surface area contributed by atoms with Crippen LogP contribution >= 0.6 is 0 Å². The van der Waals surface area contributed by atoms with E-state index in [4.69, 9.17) is 4.74 Å². The summed E-state index contributed by atoms with van der Waals surface area (Å²) < 4.78 is 30.8. The van der Waals surface area contributed by atoms with E-state index in [1.54, 1.807) is 0 Å². The predicted octanol–water partition coefficient (Wildman–Crippen LogP) is 0.487. The van der Waals surface area contributed by atoms with Crippen LogP contribution < -0.4 is 5.32 Å². The summed E-state index contributed by atoms with van der Waals surface area (Å²) in [5.74, 6) is -3.07. The number of nitrogens with one attached hydrogen (secondary N) is 1. The minimum atomic E-state index is -2.60. The van der Waals surface area contributed by atoms with E-state index in [9.17, 15) is 8.78 Å². The van der Waals surface area contributed by atoms with Gasteiger partial charge < -0.3 is 10.1 Å². The Bertz CT molecular complexity index is 163. The molecule has 2 heterocycles. The van der Waals surface area contributed by atoms with Crippen LogP contribution in [0.1, 0.15) is 0 Å². The van der Waals surface area contributed by atoms with Crippen molar-refractivity contribution in [2.45, 2.75) is 5.92 Å². The topological polar surface area (TPSA) is 21.3 Å². The summed E-state index contributed by atoms with van der Waals surface area (Å²) in [6, 6.07) is 0. The van der Waals surface area contributed by atoms with Gasteiger partial charge in [0.15, 0.2) is 0 Å². The average molecular weight is 163 g/mol. The van der Waals surface area contributed by atoms with Crippen molar-refractivity contribution in [3.8, 4) is 0 Å². The molecule has 0 spiro atoms. The summed E-state index contributed by atoms with van der Waals surface area (Å²) in [7, 11) is 0. The standard InChI is InChI=1S/C7H11F2NO/c8-7(9)4-11-3-5-1-10-2-6(5)7/h5-6,10H,1-4H2. The average Bonchev–Trinajstić information content (AvgIpc) is 2.34. The fraction of sp³-hybridized carbons (Fsp3) is 1.00. The smallest absolute Gasteiger partial charge is 0.275 e. The van der Waals surface area contributed by atoms with Crippen LogP contribution in [-0.2, 0) is 4.74 Å². The first kappa shape index (κ1) is 7.43. The third kappa shape index (κ3) is 1.14. The van der Waals surface area contributed by atoms with Crippen LogP contribution in [0.3, 0.4) is 0 Å². The number of hydrogen-bond donors (Lipinski definition) is 1. The minimum absolute atomic E-state index is 0.0266. The Hall–Kier alpha value is -0.220. The molecule has 2 rings (SSSR count). The number of hydrogen-bond acceptors (Lipinski definition) is 2. The molecule has 11 heavy (non-hydrogen) atoms. The molecule has 64 valence electrons. The first-order valence-electron chi connectivity index (χ1n) is 3.86. The van der Waals surface area contributed by atoms with Gasteiger partial charge in [0.05, 0.1) is 6.61 Å². The van der Waals surface area contributed by atoms with Gasteiger partial charge in [-0.05, 0) is 0 Å². The molecule has 2 nitrogen and oxygen atoms in total. The van der Waals surface area contributed by atoms with Crippen LogP contribution in [0.25, 0.3) is 0 Å². The van der Waals surface area contributed by atoms with Crippen molar-refractivity contribution in [2.24, 2.45) is 11.8 Å². The predicted molar refractivity (Wildman–Crippen MR) is 35.6 cm³/mol. The minimum Gasteiger partial charge on any atom is -0.375 e. The summed E-state index contributed by atoms with van der Waals surface area (Å²) in [5, 5.41) is 2.96. The fourth-order valence-corrected chi connectivity index (χ4v) is 1.86. The lowest BCUT2D eigenvalue weighted by Gasteiger charge is -2.32. The second kappa shape index (κ2) is 2.38. The van der Waals surface area contributed by atoms with Gasteiger partial charge in [-0.2, -0.15) is 0 Å². The van der Waals surface area contributed by atoms with E-state index in [-0.39, 0.29) is 5.92 Å². The highest BCUT2D eigenvalue weighted by Gasteiger charge is 2.49. The summed E-state index contributed by atoms with van der Waals surface area (Å²) in [6.07, 6.45) is 0. The summed E-state index contributed by atoms with van der Waals surface area (Å²) in [4.78, 5) is 0. The molecule has 2 aliphatic rings. The Labute approximate surface area is 63.9 Å². The third-order valence-corrected chi connectivity index (χ3v) is 2.51. The van der Waals surface area contributed by atoms with Crippen LogP contribution in [-0.4, -0.2) is 32.2 Å². The van der Waals surface area contributed by atoms with Gasteiger partial charge in [-0.3, -0.25) is 0 Å². The highest BCUT2D eigenvalue weighted by Crippen LogP contribution is 2.36. The first-order chi connectivity index (χ1) is 5.20. The Morgan fingerprint density at radius 2 is 2.18 bits per heavy atom. The van der Waals surface area contributed by atoms with Crippen molar-refractivity contribution in [1.82, 2.24) is 5.32 Å².